The Hall–Kier alpha value is -2.11. The second-order valence-corrected chi connectivity index (χ2v) is 5.39. The molecule has 0 spiro atoms. The molecular weight excluding hydrogens is 248 g/mol. The van der Waals surface area contributed by atoms with Crippen molar-refractivity contribution in [2.75, 3.05) is 19.0 Å². The molecule has 0 aliphatic carbocycles. The molecule has 0 bridgehead atoms. The second kappa shape index (κ2) is 5.69. The molecule has 19 heavy (non-hydrogen) atoms. The highest BCUT2D eigenvalue weighted by atomic mass is 16.6. The zero-order valence-corrected chi connectivity index (χ0v) is 11.5. The van der Waals surface area contributed by atoms with Crippen LogP contribution in [0.25, 0.3) is 0 Å². The Labute approximate surface area is 111 Å². The number of carbonyl (C=O) groups excluding carboxylic acids is 1. The van der Waals surface area contributed by atoms with Gasteiger partial charge in [0, 0.05) is 12.6 Å². The first-order valence-electron chi connectivity index (χ1n) is 5.85. The molecule has 104 valence electrons. The van der Waals surface area contributed by atoms with Gasteiger partial charge in [-0.05, 0) is 17.5 Å². The van der Waals surface area contributed by atoms with Gasteiger partial charge in [0.1, 0.15) is 5.69 Å². The Bertz CT molecular complexity index is 492. The van der Waals surface area contributed by atoms with Crippen LogP contribution in [-0.2, 0) is 4.74 Å². The summed E-state index contributed by atoms with van der Waals surface area (Å²) < 4.78 is 4.60. The highest BCUT2D eigenvalue weighted by Gasteiger charge is 2.19. The summed E-state index contributed by atoms with van der Waals surface area (Å²) in [6.07, 6.45) is 0. The number of benzene rings is 1. The normalized spacial score (nSPS) is 10.9. The van der Waals surface area contributed by atoms with E-state index in [0.717, 1.165) is 0 Å². The summed E-state index contributed by atoms with van der Waals surface area (Å²) in [6, 6.07) is 4.12. The summed E-state index contributed by atoms with van der Waals surface area (Å²) in [5, 5.41) is 14.0. The number of ether oxygens (including phenoxy) is 1. The van der Waals surface area contributed by atoms with E-state index in [9.17, 15) is 14.9 Å². The number of nitrogens with one attached hydrogen (secondary N) is 1. The van der Waals surface area contributed by atoms with Crippen LogP contribution in [0.3, 0.4) is 0 Å². The van der Waals surface area contributed by atoms with Gasteiger partial charge in [0.15, 0.2) is 0 Å². The molecule has 1 aromatic carbocycles. The van der Waals surface area contributed by atoms with E-state index in [4.69, 9.17) is 0 Å². The summed E-state index contributed by atoms with van der Waals surface area (Å²) in [6.45, 7) is 6.58. The number of carbonyl (C=O) groups is 1. The fourth-order valence-corrected chi connectivity index (χ4v) is 1.44. The third kappa shape index (κ3) is 4.24. The average molecular weight is 266 g/mol. The van der Waals surface area contributed by atoms with E-state index in [1.807, 2.05) is 20.8 Å². The fraction of sp³-hybridized carbons (Fsp3) is 0.462. The van der Waals surface area contributed by atoms with E-state index in [1.165, 1.54) is 25.3 Å². The summed E-state index contributed by atoms with van der Waals surface area (Å²) in [4.78, 5) is 21.9. The predicted molar refractivity (Wildman–Crippen MR) is 72.4 cm³/mol. The molecule has 6 nitrogen and oxygen atoms in total. The first-order valence-corrected chi connectivity index (χ1v) is 5.85. The summed E-state index contributed by atoms with van der Waals surface area (Å²) in [5.41, 5.74) is 0.513. The first kappa shape index (κ1) is 14.9. The van der Waals surface area contributed by atoms with Gasteiger partial charge in [-0.1, -0.05) is 20.8 Å². The largest absolute Gasteiger partial charge is 0.465 e. The van der Waals surface area contributed by atoms with Gasteiger partial charge < -0.3 is 10.1 Å². The van der Waals surface area contributed by atoms with E-state index in [2.05, 4.69) is 10.1 Å². The van der Waals surface area contributed by atoms with Crippen molar-refractivity contribution in [1.82, 2.24) is 0 Å². The van der Waals surface area contributed by atoms with Crippen molar-refractivity contribution in [1.29, 1.82) is 0 Å². The van der Waals surface area contributed by atoms with E-state index < -0.39 is 10.9 Å². The van der Waals surface area contributed by atoms with Gasteiger partial charge in [0.25, 0.3) is 5.69 Å². The molecule has 6 heteroatoms. The molecule has 1 aromatic rings. The van der Waals surface area contributed by atoms with E-state index in [-0.39, 0.29) is 16.7 Å². The molecule has 0 radical (unpaired) electrons. The van der Waals surface area contributed by atoms with Crippen molar-refractivity contribution in [3.8, 4) is 0 Å². The highest BCUT2D eigenvalue weighted by molar-refractivity contribution is 5.91. The molecule has 1 rings (SSSR count). The van der Waals surface area contributed by atoms with Crippen LogP contribution in [0, 0.1) is 15.5 Å². The van der Waals surface area contributed by atoms with Crippen LogP contribution in [0.2, 0.25) is 0 Å². The van der Waals surface area contributed by atoms with Crippen molar-refractivity contribution in [2.45, 2.75) is 20.8 Å². The number of hydrogen-bond donors (Lipinski definition) is 1. The second-order valence-electron chi connectivity index (χ2n) is 5.39. The molecule has 0 heterocycles. The molecule has 0 aliphatic rings. The Kier molecular flexibility index (Phi) is 4.47. The molecule has 1 N–H and O–H groups in total. The van der Waals surface area contributed by atoms with Crippen molar-refractivity contribution in [2.24, 2.45) is 5.41 Å². The maximum Gasteiger partial charge on any atom is 0.337 e. The molecule has 0 aliphatic heterocycles. The molecule has 0 unspecified atom stereocenters. The smallest absolute Gasteiger partial charge is 0.337 e. The maximum atomic E-state index is 11.4. The maximum absolute atomic E-state index is 11.4. The highest BCUT2D eigenvalue weighted by Crippen LogP contribution is 2.27. The first-order chi connectivity index (χ1) is 8.74. The third-order valence-corrected chi connectivity index (χ3v) is 2.42. The zero-order valence-electron chi connectivity index (χ0n) is 11.5. The van der Waals surface area contributed by atoms with Crippen molar-refractivity contribution in [3.63, 3.8) is 0 Å². The lowest BCUT2D eigenvalue weighted by atomic mass is 9.97. The fourth-order valence-electron chi connectivity index (χ4n) is 1.44. The Balaban J connectivity index is 3.09. The number of esters is 1. The minimum absolute atomic E-state index is 0.0326. The molecule has 0 atom stereocenters. The van der Waals surface area contributed by atoms with Crippen LogP contribution in [0.4, 0.5) is 11.4 Å². The minimum Gasteiger partial charge on any atom is -0.465 e. The third-order valence-electron chi connectivity index (χ3n) is 2.42. The zero-order chi connectivity index (χ0) is 14.6. The van der Waals surface area contributed by atoms with Gasteiger partial charge in [0.05, 0.1) is 17.6 Å². The number of nitrogens with zero attached hydrogens (tertiary/aromatic N) is 1. The van der Waals surface area contributed by atoms with E-state index in [0.29, 0.717) is 12.2 Å². The van der Waals surface area contributed by atoms with Crippen LogP contribution >= 0.6 is 0 Å². The molecular formula is C13H18N2O4. The van der Waals surface area contributed by atoms with Crippen LogP contribution in [0.15, 0.2) is 18.2 Å². The van der Waals surface area contributed by atoms with Crippen molar-refractivity contribution < 1.29 is 14.5 Å². The van der Waals surface area contributed by atoms with Crippen LogP contribution in [0.1, 0.15) is 31.1 Å². The van der Waals surface area contributed by atoms with Crippen molar-refractivity contribution in [3.05, 3.63) is 33.9 Å². The lowest BCUT2D eigenvalue weighted by Crippen LogP contribution is -2.19. The lowest BCUT2D eigenvalue weighted by Gasteiger charge is -2.19. The lowest BCUT2D eigenvalue weighted by molar-refractivity contribution is -0.384. The average Bonchev–Trinajstić information content (AvgIpc) is 2.34. The summed E-state index contributed by atoms with van der Waals surface area (Å²) in [7, 11) is 1.27. The number of anilines is 1. The monoisotopic (exact) mass is 266 g/mol. The number of rotatable bonds is 4. The van der Waals surface area contributed by atoms with Crippen LogP contribution in [0.5, 0.6) is 0 Å². The number of methoxy groups -OCH3 is 1. The van der Waals surface area contributed by atoms with Crippen LogP contribution in [-0.4, -0.2) is 24.5 Å². The molecule has 0 aromatic heterocycles. The summed E-state index contributed by atoms with van der Waals surface area (Å²) in [5.74, 6) is -0.520. The minimum atomic E-state index is -0.520. The number of hydrogen-bond acceptors (Lipinski definition) is 5. The Morgan fingerprint density at radius 3 is 2.53 bits per heavy atom. The van der Waals surface area contributed by atoms with Crippen molar-refractivity contribution >= 4 is 17.3 Å². The van der Waals surface area contributed by atoms with Gasteiger partial charge in [-0.2, -0.15) is 0 Å². The standard InChI is InChI=1S/C13H18N2O4/c1-13(2,3)8-14-10-7-9(12(16)19-4)5-6-11(10)15(17)18/h5-7,14H,8H2,1-4H3. The predicted octanol–water partition coefficient (Wildman–Crippen LogP) is 2.84. The van der Waals surface area contributed by atoms with Gasteiger partial charge in [-0.15, -0.1) is 0 Å². The molecule has 0 saturated carbocycles. The Morgan fingerprint density at radius 1 is 1.42 bits per heavy atom. The topological polar surface area (TPSA) is 81.5 Å². The molecule has 0 amide bonds. The number of nitro groups is 1. The van der Waals surface area contributed by atoms with E-state index >= 15 is 0 Å². The summed E-state index contributed by atoms with van der Waals surface area (Å²) >= 11 is 0. The van der Waals surface area contributed by atoms with Gasteiger partial charge in [0.2, 0.25) is 0 Å². The SMILES string of the molecule is COC(=O)c1ccc([N+](=O)[O-])c(NCC(C)(C)C)c1. The van der Waals surface area contributed by atoms with Crippen LogP contribution < -0.4 is 5.32 Å². The molecule has 0 fully saturated rings. The Morgan fingerprint density at radius 2 is 2.05 bits per heavy atom. The van der Waals surface area contributed by atoms with Gasteiger partial charge in [-0.25, -0.2) is 4.79 Å². The van der Waals surface area contributed by atoms with Gasteiger partial charge >= 0.3 is 5.97 Å². The molecule has 0 saturated heterocycles. The quantitative estimate of drug-likeness (QED) is 0.515. The number of nitro benzene ring substituents is 1. The van der Waals surface area contributed by atoms with E-state index in [1.54, 1.807) is 0 Å². The van der Waals surface area contributed by atoms with Gasteiger partial charge in [-0.3, -0.25) is 10.1 Å².